The van der Waals surface area contributed by atoms with Gasteiger partial charge in [0.15, 0.2) is 0 Å². The predicted octanol–water partition coefficient (Wildman–Crippen LogP) is 4.05. The molecule has 3 rings (SSSR count). The number of benzene rings is 2. The second-order valence-corrected chi connectivity index (χ2v) is 10.9. The van der Waals surface area contributed by atoms with Crippen LogP contribution in [0, 0.1) is 11.6 Å². The van der Waals surface area contributed by atoms with E-state index in [4.69, 9.17) is 4.74 Å². The van der Waals surface area contributed by atoms with Crippen LogP contribution >= 0.6 is 0 Å². The van der Waals surface area contributed by atoms with Crippen molar-refractivity contribution in [3.63, 3.8) is 0 Å². The number of nitrogens with zero attached hydrogens (tertiary/aromatic N) is 1. The van der Waals surface area contributed by atoms with E-state index >= 15 is 0 Å². The molecule has 2 aromatic carbocycles. The molecule has 37 heavy (non-hydrogen) atoms. The largest absolute Gasteiger partial charge is 0.481 e. The molecule has 0 aliphatic rings. The molecule has 0 aliphatic heterocycles. The molecule has 0 bridgehead atoms. The van der Waals surface area contributed by atoms with Gasteiger partial charge in [-0.15, -0.1) is 0 Å². The number of aromatic nitrogens is 1. The maximum Gasteiger partial charge on any atom is 0.264 e. The van der Waals surface area contributed by atoms with E-state index in [1.807, 2.05) is 18.6 Å². The Bertz CT molecular complexity index is 1410. The molecule has 1 heterocycles. The minimum atomic E-state index is -4.39. The summed E-state index contributed by atoms with van der Waals surface area (Å²) in [7, 11) is -2.95. The van der Waals surface area contributed by atoms with E-state index in [0.29, 0.717) is 28.1 Å². The molecule has 1 amide bonds. The minimum absolute atomic E-state index is 0. The van der Waals surface area contributed by atoms with E-state index in [2.05, 4.69) is 4.98 Å². The number of ether oxygens (including phenoxy) is 1. The SMILES string of the molecule is COc1cc(-c2cc(F)cc(C(C)C)c2CC(=O)NS(=O)(=O)c2ccc(F)c(C(C)(C)O)c2)ccn1.[K]. The zero-order chi connectivity index (χ0) is 26.8. The molecule has 2 N–H and O–H groups in total. The Kier molecular flexibility index (Phi) is 10.6. The Morgan fingerprint density at radius 2 is 1.81 bits per heavy atom. The van der Waals surface area contributed by atoms with Crippen molar-refractivity contribution in [2.24, 2.45) is 0 Å². The van der Waals surface area contributed by atoms with Gasteiger partial charge in [-0.05, 0) is 78.4 Å². The molecule has 1 aromatic heterocycles. The number of amides is 1. The number of aliphatic hydroxyl groups is 1. The summed E-state index contributed by atoms with van der Waals surface area (Å²) in [6.07, 6.45) is 1.11. The third-order valence-electron chi connectivity index (χ3n) is 5.62. The van der Waals surface area contributed by atoms with Gasteiger partial charge in [0, 0.05) is 69.2 Å². The van der Waals surface area contributed by atoms with Crippen molar-refractivity contribution in [3.05, 3.63) is 77.0 Å². The Hall–Kier alpha value is -1.73. The number of halogens is 2. The zero-order valence-electron chi connectivity index (χ0n) is 21.6. The maximum atomic E-state index is 14.5. The first kappa shape index (κ1) is 31.5. The van der Waals surface area contributed by atoms with Gasteiger partial charge in [0.25, 0.3) is 10.0 Å². The molecule has 0 saturated heterocycles. The van der Waals surface area contributed by atoms with Crippen molar-refractivity contribution in [1.29, 1.82) is 0 Å². The number of carbonyl (C=O) groups excluding carboxylic acids is 1. The smallest absolute Gasteiger partial charge is 0.264 e. The first-order valence-electron chi connectivity index (χ1n) is 11.1. The van der Waals surface area contributed by atoms with Crippen molar-refractivity contribution in [2.75, 3.05) is 7.11 Å². The molecule has 0 spiro atoms. The number of methoxy groups -OCH3 is 1. The third-order valence-corrected chi connectivity index (χ3v) is 6.99. The van der Waals surface area contributed by atoms with Gasteiger partial charge in [-0.2, -0.15) is 0 Å². The van der Waals surface area contributed by atoms with Crippen LogP contribution in [0.5, 0.6) is 5.88 Å². The quantitative estimate of drug-likeness (QED) is 0.405. The third kappa shape index (κ3) is 7.66. The summed E-state index contributed by atoms with van der Waals surface area (Å²) in [4.78, 5) is 16.6. The molecular formula is C26H28F2KN2O5S. The van der Waals surface area contributed by atoms with Gasteiger partial charge in [0.2, 0.25) is 11.8 Å². The second-order valence-electron chi connectivity index (χ2n) is 9.17. The van der Waals surface area contributed by atoms with E-state index in [1.54, 1.807) is 12.1 Å². The van der Waals surface area contributed by atoms with Crippen molar-refractivity contribution in [3.8, 4) is 17.0 Å². The fourth-order valence-electron chi connectivity index (χ4n) is 3.86. The summed E-state index contributed by atoms with van der Waals surface area (Å²) in [6, 6.07) is 8.72. The van der Waals surface area contributed by atoms with Gasteiger partial charge in [0.05, 0.1) is 24.0 Å². The second kappa shape index (κ2) is 12.4. The van der Waals surface area contributed by atoms with Gasteiger partial charge in [0.1, 0.15) is 11.6 Å². The van der Waals surface area contributed by atoms with E-state index in [9.17, 15) is 27.1 Å². The number of nitrogens with one attached hydrogen (secondary N) is 1. The Morgan fingerprint density at radius 3 is 2.41 bits per heavy atom. The molecule has 0 saturated carbocycles. The van der Waals surface area contributed by atoms with Crippen LogP contribution in [0.15, 0.2) is 53.6 Å². The van der Waals surface area contributed by atoms with Gasteiger partial charge in [-0.25, -0.2) is 26.9 Å². The fraction of sp³-hybridized carbons (Fsp3) is 0.308. The van der Waals surface area contributed by atoms with Crippen LogP contribution in [0.25, 0.3) is 11.1 Å². The summed E-state index contributed by atoms with van der Waals surface area (Å²) >= 11 is 0. The molecule has 1 radical (unpaired) electrons. The van der Waals surface area contributed by atoms with Gasteiger partial charge in [-0.3, -0.25) is 4.79 Å². The van der Waals surface area contributed by atoms with Gasteiger partial charge >= 0.3 is 0 Å². The van der Waals surface area contributed by atoms with Crippen LogP contribution < -0.4 is 9.46 Å². The average molecular weight is 558 g/mol. The van der Waals surface area contributed by atoms with Gasteiger partial charge in [-0.1, -0.05) is 13.8 Å². The van der Waals surface area contributed by atoms with E-state index in [1.165, 1.54) is 39.3 Å². The molecule has 11 heteroatoms. The number of rotatable bonds is 8. The maximum absolute atomic E-state index is 14.5. The van der Waals surface area contributed by atoms with Crippen LogP contribution in [0.1, 0.15) is 50.3 Å². The number of sulfonamides is 1. The number of pyridine rings is 1. The summed E-state index contributed by atoms with van der Waals surface area (Å²) < 4.78 is 61.6. The van der Waals surface area contributed by atoms with Crippen LogP contribution in [0.2, 0.25) is 0 Å². The summed E-state index contributed by atoms with van der Waals surface area (Å²) in [5.74, 6) is -2.03. The molecule has 0 fully saturated rings. The molecule has 7 nitrogen and oxygen atoms in total. The topological polar surface area (TPSA) is 106 Å². The van der Waals surface area contributed by atoms with E-state index in [0.717, 1.165) is 18.2 Å². The van der Waals surface area contributed by atoms with Crippen molar-refractivity contribution >= 4 is 67.3 Å². The average Bonchev–Trinajstić information content (AvgIpc) is 2.78. The molecule has 0 atom stereocenters. The molecule has 0 aliphatic carbocycles. The Morgan fingerprint density at radius 1 is 1.14 bits per heavy atom. The Balaban J connectivity index is 0.00000481. The van der Waals surface area contributed by atoms with Gasteiger partial charge < -0.3 is 9.84 Å². The standard InChI is InChI=1S/C26H28F2N2O5S.K/c1-15(2)19-11-17(27)12-20(16-8-9-29-25(10-16)35-5)21(19)14-24(31)30-36(33,34)18-6-7-23(28)22(13-18)26(3,4)32;/h6-13,15,32H,14H2,1-5H3,(H,30,31);. The summed E-state index contributed by atoms with van der Waals surface area (Å²) in [5.41, 5.74) is 0.0659. The Labute approximate surface area is 258 Å². The first-order chi connectivity index (χ1) is 16.7. The monoisotopic (exact) mass is 557 g/mol. The number of carbonyl (C=O) groups is 1. The van der Waals surface area contributed by atoms with Crippen molar-refractivity contribution < 1.29 is 31.8 Å². The van der Waals surface area contributed by atoms with Crippen LogP contribution in [-0.2, 0) is 26.8 Å². The summed E-state index contributed by atoms with van der Waals surface area (Å²) in [6.45, 7) is 6.30. The molecule has 3 aromatic rings. The van der Waals surface area contributed by atoms with Crippen molar-refractivity contribution in [2.45, 2.75) is 50.5 Å². The van der Waals surface area contributed by atoms with Crippen molar-refractivity contribution in [1.82, 2.24) is 9.71 Å². The normalized spacial score (nSPS) is 11.7. The van der Waals surface area contributed by atoms with E-state index in [-0.39, 0.29) is 74.2 Å². The predicted molar refractivity (Wildman–Crippen MR) is 137 cm³/mol. The zero-order valence-corrected chi connectivity index (χ0v) is 25.5. The number of hydrogen-bond donors (Lipinski definition) is 2. The number of hydrogen-bond acceptors (Lipinski definition) is 6. The first-order valence-corrected chi connectivity index (χ1v) is 12.6. The van der Waals surface area contributed by atoms with Crippen LogP contribution in [-0.4, -0.2) is 82.9 Å². The van der Waals surface area contributed by atoms with Crippen LogP contribution in [0.3, 0.4) is 0 Å². The molecule has 193 valence electrons. The van der Waals surface area contributed by atoms with E-state index < -0.39 is 33.2 Å². The summed E-state index contributed by atoms with van der Waals surface area (Å²) in [5, 5.41) is 10.2. The van der Waals surface area contributed by atoms with Crippen LogP contribution in [0.4, 0.5) is 8.78 Å². The molecular weight excluding hydrogens is 529 g/mol. The minimum Gasteiger partial charge on any atom is -0.481 e. The molecule has 0 unspecified atom stereocenters. The fourth-order valence-corrected chi connectivity index (χ4v) is 4.87.